The third kappa shape index (κ3) is 3.82. The van der Waals surface area contributed by atoms with Gasteiger partial charge in [0, 0.05) is 11.0 Å². The van der Waals surface area contributed by atoms with Crippen LogP contribution in [-0.4, -0.2) is 31.1 Å². The molecule has 0 aliphatic heterocycles. The smallest absolute Gasteiger partial charge is 0.263 e. The van der Waals surface area contributed by atoms with Crippen LogP contribution >= 0.6 is 11.3 Å². The first-order valence-corrected chi connectivity index (χ1v) is 10.6. The number of rotatable bonds is 4. The van der Waals surface area contributed by atoms with Gasteiger partial charge >= 0.3 is 0 Å². The molecule has 8 heteroatoms. The summed E-state index contributed by atoms with van der Waals surface area (Å²) in [5.74, 6) is -0.102. The summed E-state index contributed by atoms with van der Waals surface area (Å²) in [5.41, 5.74) is 4.60. The molecule has 4 aromatic rings. The third-order valence-electron chi connectivity index (χ3n) is 4.98. The molecule has 1 amide bonds. The summed E-state index contributed by atoms with van der Waals surface area (Å²) in [6.07, 6.45) is 4.93. The molecule has 30 heavy (non-hydrogen) atoms. The number of aromatic nitrogens is 5. The molecule has 0 fully saturated rings. The third-order valence-corrected chi connectivity index (χ3v) is 6.40. The van der Waals surface area contributed by atoms with Crippen molar-refractivity contribution < 1.29 is 4.79 Å². The molecule has 0 aliphatic rings. The van der Waals surface area contributed by atoms with E-state index in [1.807, 2.05) is 26.0 Å². The number of nitrogens with one attached hydrogen (secondary N) is 2. The van der Waals surface area contributed by atoms with E-state index >= 15 is 0 Å². The van der Waals surface area contributed by atoms with Gasteiger partial charge < -0.3 is 5.32 Å². The lowest BCUT2D eigenvalue weighted by Crippen LogP contribution is -2.26. The van der Waals surface area contributed by atoms with Crippen LogP contribution in [0.25, 0.3) is 22.3 Å². The van der Waals surface area contributed by atoms with E-state index in [1.165, 1.54) is 17.7 Å². The lowest BCUT2D eigenvalue weighted by Gasteiger charge is -2.17. The largest absolute Gasteiger partial charge is 0.345 e. The number of H-pyrrole nitrogens is 1. The molecule has 3 aromatic heterocycles. The predicted molar refractivity (Wildman–Crippen MR) is 119 cm³/mol. The first kappa shape index (κ1) is 20.2. The zero-order valence-corrected chi connectivity index (χ0v) is 18.5. The van der Waals surface area contributed by atoms with Crippen LogP contribution in [0.1, 0.15) is 59.5 Å². The van der Waals surface area contributed by atoms with Crippen LogP contribution in [0.4, 0.5) is 0 Å². The number of aryl methyl sites for hydroxylation is 1. The summed E-state index contributed by atoms with van der Waals surface area (Å²) >= 11 is 1.44. The van der Waals surface area contributed by atoms with Crippen LogP contribution in [0.2, 0.25) is 0 Å². The maximum absolute atomic E-state index is 12.7. The van der Waals surface area contributed by atoms with Gasteiger partial charge in [0.15, 0.2) is 5.65 Å². The van der Waals surface area contributed by atoms with E-state index < -0.39 is 0 Å². The van der Waals surface area contributed by atoms with Crippen molar-refractivity contribution in [2.45, 2.75) is 46.1 Å². The zero-order valence-electron chi connectivity index (χ0n) is 17.6. The van der Waals surface area contributed by atoms with E-state index in [1.54, 1.807) is 12.4 Å². The number of aromatic amines is 1. The summed E-state index contributed by atoms with van der Waals surface area (Å²) in [4.78, 5) is 26.4. The first-order chi connectivity index (χ1) is 14.2. The van der Waals surface area contributed by atoms with Crippen LogP contribution in [0, 0.1) is 6.92 Å². The van der Waals surface area contributed by atoms with Crippen LogP contribution in [-0.2, 0) is 5.41 Å². The van der Waals surface area contributed by atoms with Crippen molar-refractivity contribution in [3.05, 3.63) is 57.9 Å². The summed E-state index contributed by atoms with van der Waals surface area (Å²) in [6.45, 7) is 10.3. The van der Waals surface area contributed by atoms with E-state index in [-0.39, 0.29) is 17.4 Å². The highest BCUT2D eigenvalue weighted by Gasteiger charge is 2.21. The fraction of sp³-hybridized carbons (Fsp3) is 0.318. The van der Waals surface area contributed by atoms with Gasteiger partial charge in [0.2, 0.25) is 0 Å². The topological polar surface area (TPSA) is 96.5 Å². The second-order valence-electron chi connectivity index (χ2n) is 8.40. The number of benzene rings is 1. The molecule has 4 rings (SSSR count). The lowest BCUT2D eigenvalue weighted by atomic mass is 9.98. The summed E-state index contributed by atoms with van der Waals surface area (Å²) < 4.78 is 0. The summed E-state index contributed by atoms with van der Waals surface area (Å²) in [6, 6.07) is 6.00. The fourth-order valence-electron chi connectivity index (χ4n) is 3.38. The number of nitrogens with zero attached hydrogens (tertiary/aromatic N) is 4. The van der Waals surface area contributed by atoms with Gasteiger partial charge in [-0.05, 0) is 31.0 Å². The average Bonchev–Trinajstić information content (AvgIpc) is 3.36. The van der Waals surface area contributed by atoms with Crippen molar-refractivity contribution in [3.8, 4) is 11.3 Å². The number of fused-ring (bicyclic) bond motifs is 1. The molecule has 0 saturated heterocycles. The lowest BCUT2D eigenvalue weighted by molar-refractivity contribution is 0.0943. The van der Waals surface area contributed by atoms with Gasteiger partial charge in [-0.2, -0.15) is 5.10 Å². The number of hydrogen-bond acceptors (Lipinski definition) is 6. The first-order valence-electron chi connectivity index (χ1n) is 9.76. The van der Waals surface area contributed by atoms with Gasteiger partial charge in [-0.15, -0.1) is 11.3 Å². The van der Waals surface area contributed by atoms with E-state index in [0.29, 0.717) is 10.5 Å². The Hall–Kier alpha value is -3.13. The molecule has 3 heterocycles. The molecule has 2 N–H and O–H groups in total. The highest BCUT2D eigenvalue weighted by Crippen LogP contribution is 2.29. The number of carbonyl (C=O) groups excluding carboxylic acids is 1. The molecule has 0 spiro atoms. The molecular weight excluding hydrogens is 396 g/mol. The number of carbonyl (C=O) groups is 1. The van der Waals surface area contributed by atoms with Crippen molar-refractivity contribution >= 4 is 28.3 Å². The normalized spacial score (nSPS) is 12.8. The molecular formula is C22H24N6OS. The highest BCUT2D eigenvalue weighted by molar-refractivity contribution is 7.13. The number of thiazole rings is 1. The van der Waals surface area contributed by atoms with Gasteiger partial charge in [0.25, 0.3) is 5.91 Å². The predicted octanol–water partition coefficient (Wildman–Crippen LogP) is 4.57. The molecule has 1 unspecified atom stereocenters. The van der Waals surface area contributed by atoms with Crippen molar-refractivity contribution in [1.82, 2.24) is 30.5 Å². The maximum Gasteiger partial charge on any atom is 0.263 e. The Morgan fingerprint density at radius 2 is 1.97 bits per heavy atom. The van der Waals surface area contributed by atoms with Crippen molar-refractivity contribution in [1.29, 1.82) is 0 Å². The fourth-order valence-corrected chi connectivity index (χ4v) is 4.25. The Kier molecular flexibility index (Phi) is 5.11. The van der Waals surface area contributed by atoms with Crippen LogP contribution in [0.3, 0.4) is 0 Å². The maximum atomic E-state index is 12.7. The minimum Gasteiger partial charge on any atom is -0.345 e. The molecule has 7 nitrogen and oxygen atoms in total. The monoisotopic (exact) mass is 420 g/mol. The number of amides is 1. The molecule has 1 atom stereocenters. The van der Waals surface area contributed by atoms with Crippen LogP contribution in [0.5, 0.6) is 0 Å². The standard InChI is InChI=1S/C22H24N6OS/c1-12-8-14(18-16-9-26-28-19(16)25-11-24-18)6-7-15(12)13(2)27-20(29)17-10-23-21(30-17)22(3,4)5/h6-11,13H,1-5H3,(H,27,29)(H,24,25,26,28). The van der Waals surface area contributed by atoms with Crippen molar-refractivity contribution in [3.63, 3.8) is 0 Å². The Labute approximate surface area is 179 Å². The van der Waals surface area contributed by atoms with Crippen molar-refractivity contribution in [2.24, 2.45) is 0 Å². The molecule has 0 bridgehead atoms. The summed E-state index contributed by atoms with van der Waals surface area (Å²) in [5, 5.41) is 11.9. The van der Waals surface area contributed by atoms with E-state index in [9.17, 15) is 4.79 Å². The van der Waals surface area contributed by atoms with Crippen LogP contribution in [0.15, 0.2) is 36.9 Å². The zero-order chi connectivity index (χ0) is 21.5. The Balaban J connectivity index is 1.55. The van der Waals surface area contributed by atoms with Gasteiger partial charge in [-0.3, -0.25) is 9.89 Å². The van der Waals surface area contributed by atoms with E-state index in [0.717, 1.165) is 32.8 Å². The minimum absolute atomic E-state index is 0.0668. The van der Waals surface area contributed by atoms with Gasteiger partial charge in [-0.25, -0.2) is 15.0 Å². The molecule has 0 saturated carbocycles. The second-order valence-corrected chi connectivity index (χ2v) is 9.43. The Morgan fingerprint density at radius 3 is 2.67 bits per heavy atom. The van der Waals surface area contributed by atoms with Gasteiger partial charge in [-0.1, -0.05) is 32.9 Å². The number of hydrogen-bond donors (Lipinski definition) is 2. The van der Waals surface area contributed by atoms with E-state index in [4.69, 9.17) is 0 Å². The average molecular weight is 421 g/mol. The Morgan fingerprint density at radius 1 is 1.17 bits per heavy atom. The quantitative estimate of drug-likeness (QED) is 0.504. The van der Waals surface area contributed by atoms with Crippen LogP contribution < -0.4 is 5.32 Å². The van der Waals surface area contributed by atoms with E-state index in [2.05, 4.69) is 57.3 Å². The van der Waals surface area contributed by atoms with Crippen molar-refractivity contribution in [2.75, 3.05) is 0 Å². The van der Waals surface area contributed by atoms with Gasteiger partial charge in [0.1, 0.15) is 11.2 Å². The molecule has 0 radical (unpaired) electrons. The second kappa shape index (κ2) is 7.60. The Bertz CT molecular complexity index is 1220. The molecule has 1 aromatic carbocycles. The highest BCUT2D eigenvalue weighted by atomic mass is 32.1. The van der Waals surface area contributed by atoms with Gasteiger partial charge in [0.05, 0.1) is 34.5 Å². The molecule has 154 valence electrons. The summed E-state index contributed by atoms with van der Waals surface area (Å²) in [7, 11) is 0. The minimum atomic E-state index is -0.133. The molecule has 0 aliphatic carbocycles. The SMILES string of the molecule is Cc1cc(-c2ncnc3[nH]ncc23)ccc1C(C)NC(=O)c1cnc(C(C)(C)C)s1.